The van der Waals surface area contributed by atoms with Gasteiger partial charge in [-0.15, -0.1) is 0 Å². The number of piperazine rings is 1. The summed E-state index contributed by atoms with van der Waals surface area (Å²) in [7, 11) is 0. The van der Waals surface area contributed by atoms with Crippen molar-refractivity contribution in [3.05, 3.63) is 82.5 Å². The third kappa shape index (κ3) is 4.59. The summed E-state index contributed by atoms with van der Waals surface area (Å²) in [5, 5.41) is 0. The molecule has 0 saturated carbocycles. The predicted octanol–water partition coefficient (Wildman–Crippen LogP) is 4.91. The Balaban J connectivity index is 1.46. The minimum atomic E-state index is -0.0471. The number of halogens is 1. The van der Waals surface area contributed by atoms with Crippen LogP contribution in [0.1, 0.15) is 15.9 Å². The molecule has 1 aliphatic rings. The lowest BCUT2D eigenvalue weighted by molar-refractivity contribution is 0.0743. The highest BCUT2D eigenvalue weighted by atomic mass is 79.9. The van der Waals surface area contributed by atoms with E-state index in [1.54, 1.807) is 18.3 Å². The van der Waals surface area contributed by atoms with E-state index in [1.807, 2.05) is 29.2 Å². The summed E-state index contributed by atoms with van der Waals surface area (Å²) in [4.78, 5) is 21.6. The number of aromatic nitrogens is 1. The Morgan fingerprint density at radius 3 is 2.48 bits per heavy atom. The maximum absolute atomic E-state index is 13.1. The molecular weight excluding hydrogens is 430 g/mol. The van der Waals surface area contributed by atoms with Crippen molar-refractivity contribution in [1.82, 2.24) is 9.88 Å². The molecule has 0 bridgehead atoms. The maximum Gasteiger partial charge on any atom is 0.259 e. The topological polar surface area (TPSA) is 45.7 Å². The summed E-state index contributed by atoms with van der Waals surface area (Å²) >= 11 is 3.41. The molecule has 1 amide bonds. The molecule has 3 aromatic rings. The van der Waals surface area contributed by atoms with Crippen molar-refractivity contribution < 1.29 is 9.53 Å². The van der Waals surface area contributed by atoms with Gasteiger partial charge in [0, 0.05) is 42.5 Å². The minimum absolute atomic E-state index is 0.0471. The number of carbonyl (C=O) groups is 1. The molecule has 2 heterocycles. The number of amides is 1. The van der Waals surface area contributed by atoms with E-state index in [0.29, 0.717) is 30.3 Å². The first-order valence-electron chi connectivity index (χ1n) is 9.59. The van der Waals surface area contributed by atoms with Crippen LogP contribution in [-0.4, -0.2) is 42.0 Å². The van der Waals surface area contributed by atoms with Crippen molar-refractivity contribution in [2.75, 3.05) is 31.1 Å². The fraction of sp³-hybridized carbons (Fsp3) is 0.217. The van der Waals surface area contributed by atoms with Crippen molar-refractivity contribution in [2.24, 2.45) is 0 Å². The van der Waals surface area contributed by atoms with E-state index in [1.165, 1.54) is 11.3 Å². The number of hydrogen-bond acceptors (Lipinski definition) is 4. The van der Waals surface area contributed by atoms with Crippen LogP contribution in [0.15, 0.2) is 71.3 Å². The van der Waals surface area contributed by atoms with E-state index in [0.717, 1.165) is 17.6 Å². The summed E-state index contributed by atoms with van der Waals surface area (Å²) in [6, 6.07) is 19.5. The highest BCUT2D eigenvalue weighted by Gasteiger charge is 2.25. The molecule has 148 valence electrons. The zero-order valence-electron chi connectivity index (χ0n) is 16.2. The summed E-state index contributed by atoms with van der Waals surface area (Å²) < 4.78 is 6.86. The standard InChI is InChI=1S/C23H22BrN3O2/c1-17-4-2-5-19(16-17)26-12-14-27(15-13-26)23(28)21-6-3-11-25-22(21)29-20-9-7-18(24)8-10-20/h2-11,16H,12-15H2,1H3. The van der Waals surface area contributed by atoms with E-state index in [4.69, 9.17) is 4.74 Å². The van der Waals surface area contributed by atoms with Gasteiger partial charge >= 0.3 is 0 Å². The number of benzene rings is 2. The monoisotopic (exact) mass is 451 g/mol. The number of nitrogens with zero attached hydrogens (tertiary/aromatic N) is 3. The van der Waals surface area contributed by atoms with Crippen molar-refractivity contribution in [3.63, 3.8) is 0 Å². The first-order valence-corrected chi connectivity index (χ1v) is 10.4. The summed E-state index contributed by atoms with van der Waals surface area (Å²) in [5.41, 5.74) is 2.93. The van der Waals surface area contributed by atoms with Crippen LogP contribution in [0, 0.1) is 6.92 Å². The molecule has 0 spiro atoms. The third-order valence-corrected chi connectivity index (χ3v) is 5.49. The zero-order valence-corrected chi connectivity index (χ0v) is 17.8. The third-order valence-electron chi connectivity index (χ3n) is 4.96. The van der Waals surface area contributed by atoms with E-state index in [9.17, 15) is 4.79 Å². The molecule has 2 aromatic carbocycles. The van der Waals surface area contributed by atoms with Crippen LogP contribution in [0.4, 0.5) is 5.69 Å². The Morgan fingerprint density at radius 1 is 1.00 bits per heavy atom. The zero-order chi connectivity index (χ0) is 20.2. The lowest BCUT2D eigenvalue weighted by Gasteiger charge is -2.36. The Bertz CT molecular complexity index is 999. The highest BCUT2D eigenvalue weighted by molar-refractivity contribution is 9.10. The molecule has 29 heavy (non-hydrogen) atoms. The van der Waals surface area contributed by atoms with Crippen LogP contribution in [0.25, 0.3) is 0 Å². The molecule has 6 heteroatoms. The fourth-order valence-electron chi connectivity index (χ4n) is 3.41. The molecule has 4 rings (SSSR count). The normalized spacial score (nSPS) is 14.0. The molecule has 1 aromatic heterocycles. The van der Waals surface area contributed by atoms with Crippen LogP contribution < -0.4 is 9.64 Å². The van der Waals surface area contributed by atoms with Gasteiger partial charge in [-0.05, 0) is 61.0 Å². The van der Waals surface area contributed by atoms with Gasteiger partial charge in [0.2, 0.25) is 5.88 Å². The molecular formula is C23H22BrN3O2. The SMILES string of the molecule is Cc1cccc(N2CCN(C(=O)c3cccnc3Oc3ccc(Br)cc3)CC2)c1. The van der Waals surface area contributed by atoms with Crippen molar-refractivity contribution in [1.29, 1.82) is 0 Å². The van der Waals surface area contributed by atoms with Gasteiger partial charge in [0.1, 0.15) is 11.3 Å². The predicted molar refractivity (Wildman–Crippen MR) is 118 cm³/mol. The quantitative estimate of drug-likeness (QED) is 0.565. The average molecular weight is 452 g/mol. The Labute approximate surface area is 179 Å². The molecule has 1 aliphatic heterocycles. The van der Waals surface area contributed by atoms with Crippen LogP contribution >= 0.6 is 15.9 Å². The Kier molecular flexibility index (Phi) is 5.81. The van der Waals surface area contributed by atoms with Gasteiger partial charge in [-0.3, -0.25) is 4.79 Å². The molecule has 1 fully saturated rings. The van der Waals surface area contributed by atoms with Crippen LogP contribution in [0.5, 0.6) is 11.6 Å². The molecule has 0 unspecified atom stereocenters. The summed E-state index contributed by atoms with van der Waals surface area (Å²) in [6.07, 6.45) is 1.64. The van der Waals surface area contributed by atoms with Gasteiger partial charge in [-0.2, -0.15) is 0 Å². The minimum Gasteiger partial charge on any atom is -0.438 e. The lowest BCUT2D eigenvalue weighted by atomic mass is 10.1. The van der Waals surface area contributed by atoms with Crippen LogP contribution in [0.2, 0.25) is 0 Å². The van der Waals surface area contributed by atoms with Gasteiger partial charge in [0.05, 0.1) is 0 Å². The number of anilines is 1. The number of hydrogen-bond donors (Lipinski definition) is 0. The van der Waals surface area contributed by atoms with Crippen LogP contribution in [0.3, 0.4) is 0 Å². The second-order valence-corrected chi connectivity index (χ2v) is 7.95. The molecule has 1 saturated heterocycles. The van der Waals surface area contributed by atoms with E-state index in [2.05, 4.69) is 57.0 Å². The molecule has 5 nitrogen and oxygen atoms in total. The van der Waals surface area contributed by atoms with Gasteiger partial charge in [-0.25, -0.2) is 4.98 Å². The van der Waals surface area contributed by atoms with Gasteiger partial charge in [0.25, 0.3) is 5.91 Å². The smallest absolute Gasteiger partial charge is 0.259 e. The number of ether oxygens (including phenoxy) is 1. The first kappa shape index (κ1) is 19.5. The molecule has 0 radical (unpaired) electrons. The first-order chi connectivity index (χ1) is 14.1. The Morgan fingerprint density at radius 2 is 1.76 bits per heavy atom. The lowest BCUT2D eigenvalue weighted by Crippen LogP contribution is -2.48. The fourth-order valence-corrected chi connectivity index (χ4v) is 3.68. The molecule has 0 atom stereocenters. The second kappa shape index (κ2) is 8.66. The highest BCUT2D eigenvalue weighted by Crippen LogP contribution is 2.26. The average Bonchev–Trinajstić information content (AvgIpc) is 2.75. The molecule has 0 N–H and O–H groups in total. The van der Waals surface area contributed by atoms with Gasteiger partial charge < -0.3 is 14.5 Å². The number of pyridine rings is 1. The van der Waals surface area contributed by atoms with Crippen molar-refractivity contribution in [2.45, 2.75) is 6.92 Å². The van der Waals surface area contributed by atoms with E-state index >= 15 is 0 Å². The van der Waals surface area contributed by atoms with E-state index < -0.39 is 0 Å². The number of rotatable bonds is 4. The maximum atomic E-state index is 13.1. The van der Waals surface area contributed by atoms with Crippen LogP contribution in [-0.2, 0) is 0 Å². The van der Waals surface area contributed by atoms with Crippen molar-refractivity contribution in [3.8, 4) is 11.6 Å². The number of carbonyl (C=O) groups excluding carboxylic acids is 1. The molecule has 0 aliphatic carbocycles. The van der Waals surface area contributed by atoms with Gasteiger partial charge in [-0.1, -0.05) is 28.1 Å². The number of aryl methyl sites for hydroxylation is 1. The second-order valence-electron chi connectivity index (χ2n) is 7.03. The van der Waals surface area contributed by atoms with Crippen molar-refractivity contribution >= 4 is 27.5 Å². The summed E-state index contributed by atoms with van der Waals surface area (Å²) in [6.45, 7) is 5.04. The summed E-state index contributed by atoms with van der Waals surface area (Å²) in [5.74, 6) is 0.931. The van der Waals surface area contributed by atoms with Gasteiger partial charge in [0.15, 0.2) is 0 Å². The Hall–Kier alpha value is -2.86. The largest absolute Gasteiger partial charge is 0.438 e. The van der Waals surface area contributed by atoms with E-state index in [-0.39, 0.29) is 5.91 Å².